The third-order valence-electron chi connectivity index (χ3n) is 4.71. The van der Waals surface area contributed by atoms with Gasteiger partial charge in [0, 0.05) is 31.2 Å². The van der Waals surface area contributed by atoms with E-state index in [4.69, 9.17) is 4.42 Å². The number of hydrogen-bond donors (Lipinski definition) is 1. The van der Waals surface area contributed by atoms with Crippen molar-refractivity contribution in [3.8, 4) is 0 Å². The monoisotopic (exact) mass is 292 g/mol. The van der Waals surface area contributed by atoms with Crippen molar-refractivity contribution in [2.75, 3.05) is 20.1 Å². The van der Waals surface area contributed by atoms with E-state index in [1.807, 2.05) is 6.26 Å². The molecule has 0 amide bonds. The lowest BCUT2D eigenvalue weighted by atomic mass is 9.69. The average Bonchev–Trinajstić information content (AvgIpc) is 2.89. The molecule has 0 aromatic carbocycles. The van der Waals surface area contributed by atoms with Crippen LogP contribution in [0.3, 0.4) is 0 Å². The standard InChI is InChI=1S/C18H32N2O/c1-15(2)19-13-18(8-5-6-16(3)10-18)14-20(4)11-17-7-9-21-12-17/h7,9,12,15-16,19H,5-6,8,10-11,13-14H2,1-4H3. The summed E-state index contributed by atoms with van der Waals surface area (Å²) >= 11 is 0. The molecule has 1 aromatic rings. The number of rotatable bonds is 7. The summed E-state index contributed by atoms with van der Waals surface area (Å²) in [7, 11) is 2.24. The summed E-state index contributed by atoms with van der Waals surface area (Å²) in [4.78, 5) is 2.46. The Hall–Kier alpha value is -0.800. The van der Waals surface area contributed by atoms with Gasteiger partial charge in [0.05, 0.1) is 12.5 Å². The van der Waals surface area contributed by atoms with Crippen LogP contribution in [0.1, 0.15) is 52.0 Å². The molecule has 0 saturated heterocycles. The molecule has 1 aromatic heterocycles. The fraction of sp³-hybridized carbons (Fsp3) is 0.778. The van der Waals surface area contributed by atoms with Crippen molar-refractivity contribution in [3.05, 3.63) is 24.2 Å². The van der Waals surface area contributed by atoms with Gasteiger partial charge in [-0.1, -0.05) is 33.6 Å². The van der Waals surface area contributed by atoms with Gasteiger partial charge in [-0.05, 0) is 37.3 Å². The number of furan rings is 1. The van der Waals surface area contributed by atoms with E-state index in [1.54, 1.807) is 6.26 Å². The maximum absolute atomic E-state index is 5.19. The normalized spacial score (nSPS) is 26.7. The molecule has 1 aliphatic carbocycles. The fourth-order valence-electron chi connectivity index (χ4n) is 3.87. The van der Waals surface area contributed by atoms with Crippen LogP contribution in [0.4, 0.5) is 0 Å². The summed E-state index contributed by atoms with van der Waals surface area (Å²) < 4.78 is 5.19. The first-order valence-electron chi connectivity index (χ1n) is 8.42. The van der Waals surface area contributed by atoms with Gasteiger partial charge < -0.3 is 14.6 Å². The SMILES string of the molecule is CC1CCCC(CNC(C)C)(CN(C)Cc2ccoc2)C1. The highest BCUT2D eigenvalue weighted by Crippen LogP contribution is 2.39. The molecule has 1 saturated carbocycles. The number of nitrogens with zero attached hydrogens (tertiary/aromatic N) is 1. The van der Waals surface area contributed by atoms with Crippen molar-refractivity contribution in [2.24, 2.45) is 11.3 Å². The summed E-state index contributed by atoms with van der Waals surface area (Å²) in [5.74, 6) is 0.857. The lowest BCUT2D eigenvalue weighted by molar-refractivity contribution is 0.0868. The summed E-state index contributed by atoms with van der Waals surface area (Å²) in [6.07, 6.45) is 9.10. The molecule has 0 spiro atoms. The molecular formula is C18H32N2O. The highest BCUT2D eigenvalue weighted by atomic mass is 16.3. The topological polar surface area (TPSA) is 28.4 Å². The molecule has 3 nitrogen and oxygen atoms in total. The molecule has 1 heterocycles. The molecule has 120 valence electrons. The van der Waals surface area contributed by atoms with Crippen LogP contribution in [0.25, 0.3) is 0 Å². The lowest BCUT2D eigenvalue weighted by Gasteiger charge is -2.43. The van der Waals surface area contributed by atoms with Crippen LogP contribution in [-0.4, -0.2) is 31.1 Å². The van der Waals surface area contributed by atoms with E-state index < -0.39 is 0 Å². The third kappa shape index (κ3) is 5.15. The summed E-state index contributed by atoms with van der Waals surface area (Å²) in [6, 6.07) is 2.64. The van der Waals surface area contributed by atoms with Gasteiger partial charge in [-0.15, -0.1) is 0 Å². The van der Waals surface area contributed by atoms with Crippen molar-refractivity contribution < 1.29 is 4.42 Å². The van der Waals surface area contributed by atoms with E-state index in [0.717, 1.165) is 19.0 Å². The average molecular weight is 292 g/mol. The number of nitrogens with one attached hydrogen (secondary N) is 1. The van der Waals surface area contributed by atoms with Crippen molar-refractivity contribution in [3.63, 3.8) is 0 Å². The van der Waals surface area contributed by atoms with Crippen LogP contribution in [0.5, 0.6) is 0 Å². The van der Waals surface area contributed by atoms with Crippen molar-refractivity contribution >= 4 is 0 Å². The summed E-state index contributed by atoms with van der Waals surface area (Å²) in [5.41, 5.74) is 1.70. The number of hydrogen-bond acceptors (Lipinski definition) is 3. The molecule has 3 heteroatoms. The van der Waals surface area contributed by atoms with Crippen LogP contribution in [0.2, 0.25) is 0 Å². The first kappa shape index (κ1) is 16.6. The molecule has 1 aliphatic rings. The first-order valence-corrected chi connectivity index (χ1v) is 8.42. The van der Waals surface area contributed by atoms with E-state index in [-0.39, 0.29) is 0 Å². The quantitative estimate of drug-likeness (QED) is 0.826. The minimum atomic E-state index is 0.431. The van der Waals surface area contributed by atoms with Gasteiger partial charge in [-0.2, -0.15) is 0 Å². The smallest absolute Gasteiger partial charge is 0.0947 e. The zero-order valence-corrected chi connectivity index (χ0v) is 14.2. The van der Waals surface area contributed by atoms with Gasteiger partial charge in [-0.3, -0.25) is 0 Å². The Morgan fingerprint density at radius 2 is 2.29 bits per heavy atom. The second-order valence-corrected chi connectivity index (χ2v) is 7.54. The highest BCUT2D eigenvalue weighted by Gasteiger charge is 2.35. The molecule has 21 heavy (non-hydrogen) atoms. The van der Waals surface area contributed by atoms with Gasteiger partial charge in [-0.25, -0.2) is 0 Å². The second kappa shape index (κ2) is 7.46. The van der Waals surface area contributed by atoms with Gasteiger partial charge in [0.2, 0.25) is 0 Å². The van der Waals surface area contributed by atoms with E-state index in [0.29, 0.717) is 11.5 Å². The Labute approximate surface area is 130 Å². The predicted octanol–water partition coefficient (Wildman–Crippen LogP) is 3.91. The van der Waals surface area contributed by atoms with Crippen LogP contribution in [0, 0.1) is 11.3 Å². The molecule has 0 bridgehead atoms. The van der Waals surface area contributed by atoms with E-state index in [2.05, 4.69) is 44.1 Å². The van der Waals surface area contributed by atoms with Crippen molar-refractivity contribution in [1.82, 2.24) is 10.2 Å². The first-order chi connectivity index (χ1) is 9.99. The Kier molecular flexibility index (Phi) is 5.88. The van der Waals surface area contributed by atoms with Gasteiger partial charge in [0.25, 0.3) is 0 Å². The summed E-state index contributed by atoms with van der Waals surface area (Å²) in [6.45, 7) is 10.2. The summed E-state index contributed by atoms with van der Waals surface area (Å²) in [5, 5.41) is 3.70. The lowest BCUT2D eigenvalue weighted by Crippen LogP contribution is -2.47. The van der Waals surface area contributed by atoms with E-state index in [9.17, 15) is 0 Å². The maximum Gasteiger partial charge on any atom is 0.0947 e. The highest BCUT2D eigenvalue weighted by molar-refractivity contribution is 5.05. The zero-order chi connectivity index (χ0) is 15.3. The van der Waals surface area contributed by atoms with E-state index >= 15 is 0 Å². The molecule has 2 unspecified atom stereocenters. The Bertz CT molecular complexity index is 401. The third-order valence-corrected chi connectivity index (χ3v) is 4.71. The minimum Gasteiger partial charge on any atom is -0.472 e. The predicted molar refractivity (Wildman–Crippen MR) is 88.2 cm³/mol. The molecule has 1 fully saturated rings. The van der Waals surface area contributed by atoms with Crippen LogP contribution >= 0.6 is 0 Å². The maximum atomic E-state index is 5.19. The molecule has 0 aliphatic heterocycles. The van der Waals surface area contributed by atoms with Crippen molar-refractivity contribution in [2.45, 2.75) is 59.0 Å². The van der Waals surface area contributed by atoms with Gasteiger partial charge in [0.15, 0.2) is 0 Å². The molecule has 2 rings (SSSR count). The van der Waals surface area contributed by atoms with Crippen LogP contribution in [-0.2, 0) is 6.54 Å². The minimum absolute atomic E-state index is 0.431. The molecular weight excluding hydrogens is 260 g/mol. The second-order valence-electron chi connectivity index (χ2n) is 7.54. The Balaban J connectivity index is 1.97. The molecule has 0 radical (unpaired) electrons. The van der Waals surface area contributed by atoms with E-state index in [1.165, 1.54) is 37.8 Å². The largest absolute Gasteiger partial charge is 0.472 e. The van der Waals surface area contributed by atoms with Gasteiger partial charge in [0.1, 0.15) is 0 Å². The molecule has 1 N–H and O–H groups in total. The fourth-order valence-corrected chi connectivity index (χ4v) is 3.87. The van der Waals surface area contributed by atoms with Crippen molar-refractivity contribution in [1.29, 1.82) is 0 Å². The molecule has 2 atom stereocenters. The van der Waals surface area contributed by atoms with Crippen LogP contribution < -0.4 is 5.32 Å². The Morgan fingerprint density at radius 1 is 1.48 bits per heavy atom. The zero-order valence-electron chi connectivity index (χ0n) is 14.2. The Morgan fingerprint density at radius 3 is 2.90 bits per heavy atom. The van der Waals surface area contributed by atoms with Crippen LogP contribution in [0.15, 0.2) is 23.0 Å². The van der Waals surface area contributed by atoms with Gasteiger partial charge >= 0.3 is 0 Å².